The molecule has 5 heteroatoms. The molecule has 0 spiro atoms. The van der Waals surface area contributed by atoms with Crippen molar-refractivity contribution in [2.45, 2.75) is 45.1 Å². The van der Waals surface area contributed by atoms with Crippen molar-refractivity contribution in [2.24, 2.45) is 0 Å². The van der Waals surface area contributed by atoms with Gasteiger partial charge in [0.25, 0.3) is 5.91 Å². The van der Waals surface area contributed by atoms with Crippen LogP contribution in [0, 0.1) is 0 Å². The average molecular weight is 394 g/mol. The number of piperidine rings is 1. The molecule has 0 N–H and O–H groups in total. The summed E-state index contributed by atoms with van der Waals surface area (Å²) in [6, 6.07) is 14.4. The second-order valence-corrected chi connectivity index (χ2v) is 8.33. The quantitative estimate of drug-likeness (QED) is 0.605. The topological polar surface area (TPSA) is 38.1 Å². The lowest BCUT2D eigenvalue weighted by atomic mass is 9.98. The maximum atomic E-state index is 13.2. The molecule has 2 aromatic heterocycles. The minimum atomic E-state index is 0.148. The van der Waals surface area contributed by atoms with Gasteiger partial charge in [-0.3, -0.25) is 4.79 Å². The van der Waals surface area contributed by atoms with Crippen LogP contribution in [0.15, 0.2) is 54.0 Å². The lowest BCUT2D eigenvalue weighted by Crippen LogP contribution is -2.40. The number of hydrogen-bond acceptors (Lipinski definition) is 3. The summed E-state index contributed by atoms with van der Waals surface area (Å²) in [7, 11) is 0. The average Bonchev–Trinajstić information content (AvgIpc) is 3.42. The van der Waals surface area contributed by atoms with Gasteiger partial charge in [-0.25, -0.2) is 4.98 Å². The van der Waals surface area contributed by atoms with Crippen molar-refractivity contribution in [3.8, 4) is 0 Å². The van der Waals surface area contributed by atoms with Gasteiger partial charge in [-0.2, -0.15) is 0 Å². The molecule has 28 heavy (non-hydrogen) atoms. The lowest BCUT2D eigenvalue weighted by Gasteiger charge is -2.32. The van der Waals surface area contributed by atoms with Crippen LogP contribution in [0.2, 0.25) is 0 Å². The van der Waals surface area contributed by atoms with E-state index in [9.17, 15) is 4.79 Å². The van der Waals surface area contributed by atoms with Gasteiger partial charge in [0.05, 0.1) is 10.7 Å². The second-order valence-electron chi connectivity index (χ2n) is 7.44. The van der Waals surface area contributed by atoms with E-state index in [2.05, 4.69) is 41.1 Å². The van der Waals surface area contributed by atoms with Crippen molar-refractivity contribution in [3.05, 3.63) is 76.0 Å². The minimum Gasteiger partial charge on any atom is -0.343 e. The number of rotatable bonds is 6. The number of carbonyl (C=O) groups excluding carboxylic acids is 1. The molecule has 4 nitrogen and oxygen atoms in total. The second kappa shape index (κ2) is 8.74. The van der Waals surface area contributed by atoms with E-state index in [0.29, 0.717) is 5.92 Å². The molecule has 3 heterocycles. The van der Waals surface area contributed by atoms with Crippen LogP contribution in [-0.2, 0) is 19.4 Å². The lowest BCUT2D eigenvalue weighted by molar-refractivity contribution is 0.0696. The van der Waals surface area contributed by atoms with Gasteiger partial charge in [0.15, 0.2) is 0 Å². The third-order valence-corrected chi connectivity index (χ3v) is 6.58. The Bertz CT molecular complexity index is 915. The summed E-state index contributed by atoms with van der Waals surface area (Å²) in [5.74, 6) is 0.519. The zero-order valence-corrected chi connectivity index (χ0v) is 17.2. The molecule has 1 saturated heterocycles. The van der Waals surface area contributed by atoms with E-state index in [4.69, 9.17) is 4.98 Å². The molecule has 0 saturated carbocycles. The van der Waals surface area contributed by atoms with Crippen LogP contribution in [0.5, 0.6) is 0 Å². The largest absolute Gasteiger partial charge is 0.343 e. The number of thiazole rings is 1. The Morgan fingerprint density at radius 2 is 2.07 bits per heavy atom. The summed E-state index contributed by atoms with van der Waals surface area (Å²) in [6.45, 7) is 4.57. The van der Waals surface area contributed by atoms with Gasteiger partial charge in [0.2, 0.25) is 0 Å². The predicted molar refractivity (Wildman–Crippen MR) is 114 cm³/mol. The minimum absolute atomic E-state index is 0.148. The summed E-state index contributed by atoms with van der Waals surface area (Å²) < 4.78 is 2.09. The van der Waals surface area contributed by atoms with Gasteiger partial charge in [0.1, 0.15) is 5.69 Å². The fourth-order valence-corrected chi connectivity index (χ4v) is 4.93. The van der Waals surface area contributed by atoms with Gasteiger partial charge in [-0.05, 0) is 43.4 Å². The molecule has 1 fully saturated rings. The number of hydrogen-bond donors (Lipinski definition) is 0. The van der Waals surface area contributed by atoms with Crippen LogP contribution < -0.4 is 0 Å². The Morgan fingerprint density at radius 3 is 2.86 bits per heavy atom. The zero-order valence-electron chi connectivity index (χ0n) is 16.4. The van der Waals surface area contributed by atoms with E-state index in [0.717, 1.165) is 51.0 Å². The van der Waals surface area contributed by atoms with Crippen molar-refractivity contribution in [2.75, 3.05) is 13.1 Å². The first-order valence-corrected chi connectivity index (χ1v) is 11.0. The molecular formula is C23H27N3OS. The Kier molecular flexibility index (Phi) is 5.91. The number of benzene rings is 1. The van der Waals surface area contributed by atoms with E-state index < -0.39 is 0 Å². The van der Waals surface area contributed by atoms with Crippen LogP contribution >= 0.6 is 11.3 Å². The number of aromatic nitrogens is 2. The van der Waals surface area contributed by atoms with Crippen molar-refractivity contribution in [1.29, 1.82) is 0 Å². The first kappa shape index (κ1) is 18.9. The highest BCUT2D eigenvalue weighted by atomic mass is 32.1. The molecule has 3 aromatic rings. The van der Waals surface area contributed by atoms with Crippen molar-refractivity contribution >= 4 is 17.2 Å². The molecule has 0 radical (unpaired) electrons. The van der Waals surface area contributed by atoms with Gasteiger partial charge >= 0.3 is 0 Å². The third-order valence-electron chi connectivity index (χ3n) is 5.52. The van der Waals surface area contributed by atoms with E-state index in [1.807, 2.05) is 29.3 Å². The fourth-order valence-electron chi connectivity index (χ4n) is 3.90. The van der Waals surface area contributed by atoms with Gasteiger partial charge in [-0.15, -0.1) is 11.3 Å². The summed E-state index contributed by atoms with van der Waals surface area (Å²) in [4.78, 5) is 20.0. The smallest absolute Gasteiger partial charge is 0.270 e. The summed E-state index contributed by atoms with van der Waals surface area (Å²) in [5.41, 5.74) is 3.26. The van der Waals surface area contributed by atoms with Crippen LogP contribution in [0.1, 0.15) is 52.4 Å². The summed E-state index contributed by atoms with van der Waals surface area (Å²) in [6.07, 6.45) is 6.09. The molecule has 1 amide bonds. The summed E-state index contributed by atoms with van der Waals surface area (Å²) in [5, 5.41) is 3.35. The molecule has 1 aromatic carbocycles. The standard InChI is InChI=1S/C23H27N3OS/c1-2-20-17-28-22(24-20)19-10-6-14-26(16-19)23(27)21-11-7-13-25(21)15-12-18-8-4-3-5-9-18/h3-5,7-9,11,13,17,19H,2,6,10,12,14-16H2,1H3. The molecule has 4 rings (SSSR count). The van der Waals surface area contributed by atoms with Crippen molar-refractivity contribution in [3.63, 3.8) is 0 Å². The van der Waals surface area contributed by atoms with Crippen LogP contribution in [0.4, 0.5) is 0 Å². The van der Waals surface area contributed by atoms with Gasteiger partial charge in [0, 0.05) is 37.1 Å². The first-order chi connectivity index (χ1) is 13.7. The highest BCUT2D eigenvalue weighted by Gasteiger charge is 2.28. The number of carbonyl (C=O) groups is 1. The number of aryl methyl sites for hydroxylation is 3. The van der Waals surface area contributed by atoms with Crippen LogP contribution in [0.25, 0.3) is 0 Å². The Labute approximate surface area is 170 Å². The maximum absolute atomic E-state index is 13.2. The number of nitrogens with zero attached hydrogens (tertiary/aromatic N) is 3. The SMILES string of the molecule is CCc1csc(C2CCCN(C(=O)c3cccn3CCc3ccccc3)C2)n1. The molecule has 1 unspecified atom stereocenters. The van der Waals surface area contributed by atoms with Gasteiger partial charge < -0.3 is 9.47 Å². The number of amides is 1. The zero-order chi connectivity index (χ0) is 19.3. The van der Waals surface area contributed by atoms with Crippen LogP contribution in [-0.4, -0.2) is 33.4 Å². The molecule has 146 valence electrons. The molecule has 1 aliphatic heterocycles. The Hall–Kier alpha value is -2.40. The van der Waals surface area contributed by atoms with Crippen molar-refractivity contribution in [1.82, 2.24) is 14.5 Å². The third kappa shape index (κ3) is 4.20. The van der Waals surface area contributed by atoms with E-state index >= 15 is 0 Å². The van der Waals surface area contributed by atoms with Crippen LogP contribution in [0.3, 0.4) is 0 Å². The summed E-state index contributed by atoms with van der Waals surface area (Å²) >= 11 is 1.75. The first-order valence-electron chi connectivity index (χ1n) is 10.2. The van der Waals surface area contributed by atoms with E-state index in [1.54, 1.807) is 11.3 Å². The molecule has 0 aliphatic carbocycles. The maximum Gasteiger partial charge on any atom is 0.270 e. The highest BCUT2D eigenvalue weighted by Crippen LogP contribution is 2.30. The van der Waals surface area contributed by atoms with E-state index in [-0.39, 0.29) is 5.91 Å². The molecule has 1 atom stereocenters. The van der Waals surface area contributed by atoms with Gasteiger partial charge in [-0.1, -0.05) is 37.3 Å². The number of likely N-dealkylation sites (tertiary alicyclic amines) is 1. The normalized spacial score (nSPS) is 17.0. The highest BCUT2D eigenvalue weighted by molar-refractivity contribution is 7.09. The molecular weight excluding hydrogens is 366 g/mol. The van der Waals surface area contributed by atoms with Crippen molar-refractivity contribution < 1.29 is 4.79 Å². The monoisotopic (exact) mass is 393 g/mol. The Morgan fingerprint density at radius 1 is 1.21 bits per heavy atom. The molecule has 1 aliphatic rings. The fraction of sp³-hybridized carbons (Fsp3) is 0.391. The Balaban J connectivity index is 1.43. The molecule has 0 bridgehead atoms. The van der Waals surface area contributed by atoms with E-state index in [1.165, 1.54) is 16.3 Å². The predicted octanol–water partition coefficient (Wildman–Crippen LogP) is 4.77.